The van der Waals surface area contributed by atoms with Crippen molar-refractivity contribution < 1.29 is 4.79 Å². The Hall–Kier alpha value is -1.59. The van der Waals surface area contributed by atoms with E-state index in [1.54, 1.807) is 0 Å². The molecule has 0 saturated carbocycles. The molecule has 2 amide bonds. The van der Waals surface area contributed by atoms with Gasteiger partial charge < -0.3 is 15.1 Å². The normalized spacial score (nSPS) is 22.3. The van der Waals surface area contributed by atoms with Crippen LogP contribution in [0.1, 0.15) is 38.2 Å². The molecular weight excluding hydrogens is 324 g/mol. The predicted octanol–water partition coefficient (Wildman–Crippen LogP) is 2.78. The van der Waals surface area contributed by atoms with Crippen molar-refractivity contribution >= 4 is 6.03 Å². The van der Waals surface area contributed by atoms with Gasteiger partial charge in [-0.2, -0.15) is 0 Å². The summed E-state index contributed by atoms with van der Waals surface area (Å²) in [6.07, 6.45) is 4.57. The number of carbonyl (C=O) groups is 1. The second kappa shape index (κ2) is 9.93. The van der Waals surface area contributed by atoms with Crippen molar-refractivity contribution in [1.82, 2.24) is 20.0 Å². The predicted molar refractivity (Wildman–Crippen MR) is 106 cm³/mol. The lowest BCUT2D eigenvalue weighted by molar-refractivity contribution is 0.125. The van der Waals surface area contributed by atoms with E-state index in [1.807, 2.05) is 4.90 Å². The summed E-state index contributed by atoms with van der Waals surface area (Å²) in [6.45, 7) is 10.5. The SMILES string of the molecule is CC1CCCCN1C(=O)NCCCN1CCN(Cc2ccccc2)CC1. The lowest BCUT2D eigenvalue weighted by atomic mass is 10.0. The molecular formula is C21H34N4O. The van der Waals surface area contributed by atoms with E-state index >= 15 is 0 Å². The van der Waals surface area contributed by atoms with Gasteiger partial charge in [-0.05, 0) is 44.7 Å². The Morgan fingerprint density at radius 1 is 1.04 bits per heavy atom. The summed E-state index contributed by atoms with van der Waals surface area (Å²) in [5.74, 6) is 0. The zero-order valence-corrected chi connectivity index (χ0v) is 16.2. The summed E-state index contributed by atoms with van der Waals surface area (Å²) >= 11 is 0. The van der Waals surface area contributed by atoms with Gasteiger partial charge in [0.15, 0.2) is 0 Å². The Labute approximate surface area is 158 Å². The van der Waals surface area contributed by atoms with E-state index in [0.29, 0.717) is 6.04 Å². The number of benzene rings is 1. The quantitative estimate of drug-likeness (QED) is 0.795. The van der Waals surface area contributed by atoms with Crippen LogP contribution in [-0.4, -0.2) is 72.6 Å². The summed E-state index contributed by atoms with van der Waals surface area (Å²) < 4.78 is 0. The number of nitrogens with zero attached hydrogens (tertiary/aromatic N) is 3. The van der Waals surface area contributed by atoms with Gasteiger partial charge in [0.1, 0.15) is 0 Å². The molecule has 0 radical (unpaired) electrons. The van der Waals surface area contributed by atoms with E-state index in [9.17, 15) is 4.79 Å². The Balaban J connectivity index is 1.27. The first-order valence-electron chi connectivity index (χ1n) is 10.3. The molecule has 1 aromatic rings. The highest BCUT2D eigenvalue weighted by Gasteiger charge is 2.22. The van der Waals surface area contributed by atoms with Crippen LogP contribution in [0.3, 0.4) is 0 Å². The van der Waals surface area contributed by atoms with Crippen molar-refractivity contribution in [3.63, 3.8) is 0 Å². The van der Waals surface area contributed by atoms with Gasteiger partial charge in [-0.25, -0.2) is 4.79 Å². The van der Waals surface area contributed by atoms with Crippen LogP contribution in [0.2, 0.25) is 0 Å². The number of hydrogen-bond acceptors (Lipinski definition) is 3. The van der Waals surface area contributed by atoms with Crippen molar-refractivity contribution in [2.45, 2.75) is 45.2 Å². The Morgan fingerprint density at radius 2 is 1.77 bits per heavy atom. The van der Waals surface area contributed by atoms with Crippen molar-refractivity contribution in [2.24, 2.45) is 0 Å². The van der Waals surface area contributed by atoms with Gasteiger partial charge in [0.25, 0.3) is 0 Å². The van der Waals surface area contributed by atoms with Gasteiger partial charge in [-0.15, -0.1) is 0 Å². The largest absolute Gasteiger partial charge is 0.338 e. The zero-order chi connectivity index (χ0) is 18.2. The fourth-order valence-corrected chi connectivity index (χ4v) is 4.01. The molecule has 2 saturated heterocycles. The third-order valence-electron chi connectivity index (χ3n) is 5.71. The van der Waals surface area contributed by atoms with Gasteiger partial charge in [0, 0.05) is 51.9 Å². The van der Waals surface area contributed by atoms with E-state index in [0.717, 1.165) is 71.6 Å². The summed E-state index contributed by atoms with van der Waals surface area (Å²) in [5.41, 5.74) is 1.40. The molecule has 5 nitrogen and oxygen atoms in total. The summed E-state index contributed by atoms with van der Waals surface area (Å²) in [6, 6.07) is 11.2. The maximum atomic E-state index is 12.3. The lowest BCUT2D eigenvalue weighted by Crippen LogP contribution is -2.48. The summed E-state index contributed by atoms with van der Waals surface area (Å²) in [5, 5.41) is 3.11. The third-order valence-corrected chi connectivity index (χ3v) is 5.71. The van der Waals surface area contributed by atoms with Gasteiger partial charge in [-0.3, -0.25) is 4.90 Å². The molecule has 2 fully saturated rings. The summed E-state index contributed by atoms with van der Waals surface area (Å²) in [4.78, 5) is 19.3. The summed E-state index contributed by atoms with van der Waals surface area (Å²) in [7, 11) is 0. The molecule has 1 unspecified atom stereocenters. The number of urea groups is 1. The van der Waals surface area contributed by atoms with Crippen molar-refractivity contribution in [1.29, 1.82) is 0 Å². The monoisotopic (exact) mass is 358 g/mol. The van der Waals surface area contributed by atoms with E-state index < -0.39 is 0 Å². The minimum atomic E-state index is 0.130. The van der Waals surface area contributed by atoms with Crippen LogP contribution in [0.15, 0.2) is 30.3 Å². The number of piperidine rings is 1. The number of carbonyl (C=O) groups excluding carboxylic acids is 1. The van der Waals surface area contributed by atoms with Crippen LogP contribution in [-0.2, 0) is 6.54 Å². The number of nitrogens with one attached hydrogen (secondary N) is 1. The highest BCUT2D eigenvalue weighted by molar-refractivity contribution is 5.74. The van der Waals surface area contributed by atoms with Gasteiger partial charge in [-0.1, -0.05) is 30.3 Å². The lowest BCUT2D eigenvalue weighted by Gasteiger charge is -2.35. The third kappa shape index (κ3) is 5.71. The molecule has 1 atom stereocenters. The second-order valence-electron chi connectivity index (χ2n) is 7.73. The molecule has 3 rings (SSSR count). The van der Waals surface area contributed by atoms with Gasteiger partial charge in [0.05, 0.1) is 0 Å². The van der Waals surface area contributed by atoms with Crippen molar-refractivity contribution in [3.05, 3.63) is 35.9 Å². The Kier molecular flexibility index (Phi) is 7.32. The molecule has 1 aromatic carbocycles. The van der Waals surface area contributed by atoms with Crippen LogP contribution in [0.25, 0.3) is 0 Å². The minimum absolute atomic E-state index is 0.130. The van der Waals surface area contributed by atoms with Crippen molar-refractivity contribution in [3.8, 4) is 0 Å². The molecule has 0 aromatic heterocycles. The Bertz CT molecular complexity index is 542. The number of hydrogen-bond donors (Lipinski definition) is 1. The van der Waals surface area contributed by atoms with Crippen molar-refractivity contribution in [2.75, 3.05) is 45.8 Å². The van der Waals surface area contributed by atoms with E-state index in [2.05, 4.69) is 52.4 Å². The molecule has 26 heavy (non-hydrogen) atoms. The number of amides is 2. The Morgan fingerprint density at radius 3 is 2.50 bits per heavy atom. The average Bonchev–Trinajstić information content (AvgIpc) is 2.67. The second-order valence-corrected chi connectivity index (χ2v) is 7.73. The first kappa shape index (κ1) is 19.2. The molecule has 2 heterocycles. The maximum absolute atomic E-state index is 12.3. The fourth-order valence-electron chi connectivity index (χ4n) is 4.01. The molecule has 0 bridgehead atoms. The van der Waals surface area contributed by atoms with E-state index in [4.69, 9.17) is 0 Å². The van der Waals surface area contributed by atoms with Crippen LogP contribution < -0.4 is 5.32 Å². The molecule has 144 valence electrons. The zero-order valence-electron chi connectivity index (χ0n) is 16.2. The highest BCUT2D eigenvalue weighted by Crippen LogP contribution is 2.16. The van der Waals surface area contributed by atoms with Crippen LogP contribution in [0, 0.1) is 0 Å². The maximum Gasteiger partial charge on any atom is 0.317 e. The van der Waals surface area contributed by atoms with E-state index in [-0.39, 0.29) is 6.03 Å². The average molecular weight is 359 g/mol. The molecule has 5 heteroatoms. The number of rotatable bonds is 6. The van der Waals surface area contributed by atoms with Gasteiger partial charge >= 0.3 is 6.03 Å². The molecule has 1 N–H and O–H groups in total. The van der Waals surface area contributed by atoms with E-state index in [1.165, 1.54) is 12.0 Å². The molecule has 2 aliphatic heterocycles. The smallest absolute Gasteiger partial charge is 0.317 e. The fraction of sp³-hybridized carbons (Fsp3) is 0.667. The molecule has 0 aliphatic carbocycles. The minimum Gasteiger partial charge on any atom is -0.338 e. The molecule has 2 aliphatic rings. The first-order chi connectivity index (χ1) is 12.7. The van der Waals surface area contributed by atoms with Crippen LogP contribution in [0.4, 0.5) is 4.79 Å². The highest BCUT2D eigenvalue weighted by atomic mass is 16.2. The topological polar surface area (TPSA) is 38.8 Å². The first-order valence-corrected chi connectivity index (χ1v) is 10.3. The van der Waals surface area contributed by atoms with Gasteiger partial charge in [0.2, 0.25) is 0 Å². The molecule has 0 spiro atoms. The van der Waals surface area contributed by atoms with Crippen LogP contribution >= 0.6 is 0 Å². The standard InChI is InChI=1S/C21H34N4O/c1-19-8-5-6-13-25(19)21(26)22-11-7-12-23-14-16-24(17-15-23)18-20-9-3-2-4-10-20/h2-4,9-10,19H,5-8,11-18H2,1H3,(H,22,26). The van der Waals surface area contributed by atoms with Crippen LogP contribution in [0.5, 0.6) is 0 Å². The number of likely N-dealkylation sites (tertiary alicyclic amines) is 1. The number of piperazine rings is 1.